The van der Waals surface area contributed by atoms with E-state index in [1.54, 1.807) is 0 Å². The highest BCUT2D eigenvalue weighted by atomic mass is 16.5. The van der Waals surface area contributed by atoms with E-state index in [0.717, 1.165) is 30.4 Å². The third kappa shape index (κ3) is 0.932. The Balaban J connectivity index is 2.18. The molecule has 0 N–H and O–H groups in total. The molecular formula is C10H10NO2+. The van der Waals surface area contributed by atoms with Crippen LogP contribution in [0.25, 0.3) is 0 Å². The number of para-hydroxylation sites is 1. The van der Waals surface area contributed by atoms with E-state index in [-0.39, 0.29) is 0 Å². The van der Waals surface area contributed by atoms with Crippen LogP contribution in [0.15, 0.2) is 24.3 Å². The number of hydrogen-bond donors (Lipinski definition) is 0. The molecule has 0 atom stereocenters. The summed E-state index contributed by atoms with van der Waals surface area (Å²) in [6.07, 6.45) is 0. The number of hydrogen-bond acceptors (Lipinski definition) is 2. The van der Waals surface area contributed by atoms with Crippen molar-refractivity contribution >= 4 is 5.90 Å². The molecule has 2 aliphatic rings. The first-order valence-electron chi connectivity index (χ1n) is 4.42. The summed E-state index contributed by atoms with van der Waals surface area (Å²) in [6.45, 7) is 2.32. The number of benzene rings is 1. The maximum Gasteiger partial charge on any atom is 0.377 e. The van der Waals surface area contributed by atoms with Crippen molar-refractivity contribution in [2.45, 2.75) is 0 Å². The van der Waals surface area contributed by atoms with Crippen LogP contribution in [0.2, 0.25) is 0 Å². The van der Waals surface area contributed by atoms with E-state index in [0.29, 0.717) is 6.73 Å². The van der Waals surface area contributed by atoms with Crippen molar-refractivity contribution in [2.24, 2.45) is 0 Å². The van der Waals surface area contributed by atoms with Crippen LogP contribution in [0.1, 0.15) is 5.56 Å². The second-order valence-electron chi connectivity index (χ2n) is 3.19. The molecule has 0 spiro atoms. The maximum absolute atomic E-state index is 5.56. The quantitative estimate of drug-likeness (QED) is 0.546. The first-order chi connectivity index (χ1) is 6.45. The third-order valence-corrected chi connectivity index (χ3v) is 2.38. The van der Waals surface area contributed by atoms with Gasteiger partial charge in [-0.1, -0.05) is 12.1 Å². The topological polar surface area (TPSA) is 21.5 Å². The van der Waals surface area contributed by atoms with Crippen molar-refractivity contribution in [3.63, 3.8) is 0 Å². The number of nitrogens with zero attached hydrogens (tertiary/aromatic N) is 1. The molecule has 2 heterocycles. The van der Waals surface area contributed by atoms with E-state index in [4.69, 9.17) is 9.47 Å². The summed E-state index contributed by atoms with van der Waals surface area (Å²) in [5.41, 5.74) is 1.08. The van der Waals surface area contributed by atoms with Gasteiger partial charge in [0, 0.05) is 0 Å². The van der Waals surface area contributed by atoms with E-state index in [1.807, 2.05) is 24.3 Å². The molecule has 3 rings (SSSR count). The Bertz CT molecular complexity index is 384. The van der Waals surface area contributed by atoms with E-state index in [1.165, 1.54) is 0 Å². The van der Waals surface area contributed by atoms with Crippen molar-refractivity contribution in [1.82, 2.24) is 0 Å². The highest BCUT2D eigenvalue weighted by molar-refractivity contribution is 5.94. The average molecular weight is 176 g/mol. The van der Waals surface area contributed by atoms with Crippen LogP contribution in [-0.2, 0) is 4.74 Å². The molecule has 0 saturated carbocycles. The fourth-order valence-electron chi connectivity index (χ4n) is 1.73. The van der Waals surface area contributed by atoms with E-state index < -0.39 is 0 Å². The van der Waals surface area contributed by atoms with Crippen LogP contribution in [0.3, 0.4) is 0 Å². The van der Waals surface area contributed by atoms with Crippen molar-refractivity contribution < 1.29 is 14.0 Å². The highest BCUT2D eigenvalue weighted by Gasteiger charge is 2.32. The van der Waals surface area contributed by atoms with Crippen LogP contribution in [-0.4, -0.2) is 30.4 Å². The van der Waals surface area contributed by atoms with Gasteiger partial charge in [-0.2, -0.15) is 4.58 Å². The van der Waals surface area contributed by atoms with E-state index in [2.05, 4.69) is 4.58 Å². The zero-order chi connectivity index (χ0) is 8.67. The summed E-state index contributed by atoms with van der Waals surface area (Å²) in [4.78, 5) is 0. The minimum absolute atomic E-state index is 0.617. The van der Waals surface area contributed by atoms with Gasteiger partial charge in [-0.25, -0.2) is 0 Å². The standard InChI is InChI=1S/C10H10NO2/c1-2-4-9-8(3-1)10-11(7-13-9)5-6-12-10/h1-4H,5-7H2/q+1. The molecule has 1 aromatic rings. The first kappa shape index (κ1) is 6.95. The lowest BCUT2D eigenvalue weighted by molar-refractivity contribution is -0.551. The summed E-state index contributed by atoms with van der Waals surface area (Å²) < 4.78 is 13.2. The lowest BCUT2D eigenvalue weighted by atomic mass is 10.2. The number of ether oxygens (including phenoxy) is 2. The van der Waals surface area contributed by atoms with Gasteiger partial charge < -0.3 is 9.47 Å². The van der Waals surface area contributed by atoms with Crippen LogP contribution in [0.5, 0.6) is 5.75 Å². The molecule has 0 aromatic heterocycles. The van der Waals surface area contributed by atoms with Crippen molar-refractivity contribution in [2.75, 3.05) is 19.9 Å². The van der Waals surface area contributed by atoms with Crippen LogP contribution < -0.4 is 4.74 Å². The molecule has 3 heteroatoms. The smallest absolute Gasteiger partial charge is 0.377 e. The largest absolute Gasteiger partial charge is 0.437 e. The minimum Gasteiger partial charge on any atom is -0.437 e. The molecule has 0 aliphatic carbocycles. The Hall–Kier alpha value is -1.51. The molecule has 1 aromatic carbocycles. The van der Waals surface area contributed by atoms with Crippen molar-refractivity contribution in [3.8, 4) is 5.75 Å². The molecule has 0 amide bonds. The summed E-state index contributed by atoms with van der Waals surface area (Å²) in [5, 5.41) is 0. The second-order valence-corrected chi connectivity index (χ2v) is 3.19. The van der Waals surface area contributed by atoms with Gasteiger partial charge in [-0.15, -0.1) is 0 Å². The Morgan fingerprint density at radius 3 is 3.08 bits per heavy atom. The molecule has 0 unspecified atom stereocenters. The lowest BCUT2D eigenvalue weighted by Gasteiger charge is -2.12. The zero-order valence-corrected chi connectivity index (χ0v) is 7.19. The van der Waals surface area contributed by atoms with Crippen LogP contribution in [0, 0.1) is 0 Å². The maximum atomic E-state index is 5.56. The summed E-state index contributed by atoms with van der Waals surface area (Å²) in [7, 11) is 0. The average Bonchev–Trinajstić information content (AvgIpc) is 2.65. The predicted octanol–water partition coefficient (Wildman–Crippen LogP) is 0.826. The van der Waals surface area contributed by atoms with Gasteiger partial charge in [0.05, 0.1) is 0 Å². The Morgan fingerprint density at radius 2 is 2.08 bits per heavy atom. The fraction of sp³-hybridized carbons (Fsp3) is 0.300. The van der Waals surface area contributed by atoms with Gasteiger partial charge in [0.25, 0.3) is 6.73 Å². The molecular weight excluding hydrogens is 166 g/mol. The van der Waals surface area contributed by atoms with Crippen LogP contribution in [0.4, 0.5) is 0 Å². The van der Waals surface area contributed by atoms with Gasteiger partial charge in [-0.3, -0.25) is 0 Å². The molecule has 13 heavy (non-hydrogen) atoms. The third-order valence-electron chi connectivity index (χ3n) is 2.38. The normalized spacial score (nSPS) is 18.8. The minimum atomic E-state index is 0.617. The molecule has 3 nitrogen and oxygen atoms in total. The van der Waals surface area contributed by atoms with E-state index >= 15 is 0 Å². The first-order valence-corrected chi connectivity index (χ1v) is 4.42. The van der Waals surface area contributed by atoms with Gasteiger partial charge in [0.1, 0.15) is 11.3 Å². The fourth-order valence-corrected chi connectivity index (χ4v) is 1.73. The Labute approximate surface area is 76.2 Å². The predicted molar refractivity (Wildman–Crippen MR) is 47.1 cm³/mol. The Morgan fingerprint density at radius 1 is 1.15 bits per heavy atom. The number of rotatable bonds is 0. The second kappa shape index (κ2) is 2.49. The molecule has 66 valence electrons. The highest BCUT2D eigenvalue weighted by Crippen LogP contribution is 2.24. The molecule has 0 bridgehead atoms. The van der Waals surface area contributed by atoms with E-state index in [9.17, 15) is 0 Å². The Kier molecular flexibility index (Phi) is 1.33. The summed E-state index contributed by atoms with van der Waals surface area (Å²) in [5.74, 6) is 1.90. The van der Waals surface area contributed by atoms with Crippen molar-refractivity contribution in [3.05, 3.63) is 29.8 Å². The molecule has 0 fully saturated rings. The summed E-state index contributed by atoms with van der Waals surface area (Å²) in [6, 6.07) is 7.98. The molecule has 0 radical (unpaired) electrons. The monoisotopic (exact) mass is 176 g/mol. The molecule has 2 aliphatic heterocycles. The molecule has 0 saturated heterocycles. The zero-order valence-electron chi connectivity index (χ0n) is 7.19. The van der Waals surface area contributed by atoms with Gasteiger partial charge in [0.2, 0.25) is 0 Å². The van der Waals surface area contributed by atoms with Gasteiger partial charge >= 0.3 is 5.90 Å². The lowest BCUT2D eigenvalue weighted by Crippen LogP contribution is -2.27. The van der Waals surface area contributed by atoms with Gasteiger partial charge in [0.15, 0.2) is 13.2 Å². The van der Waals surface area contributed by atoms with Crippen LogP contribution >= 0.6 is 0 Å². The number of fused-ring (bicyclic) bond motifs is 2. The SMILES string of the molecule is c1ccc2c(c1)OC[N+]1=C2OCC1. The van der Waals surface area contributed by atoms with Crippen molar-refractivity contribution in [1.29, 1.82) is 0 Å². The van der Waals surface area contributed by atoms with Gasteiger partial charge in [-0.05, 0) is 12.1 Å². The summed E-state index contributed by atoms with van der Waals surface area (Å²) >= 11 is 0.